The molecule has 0 aliphatic carbocycles. The first-order valence-corrected chi connectivity index (χ1v) is 11.4. The molecule has 0 aliphatic rings. The van der Waals surface area contributed by atoms with Crippen LogP contribution in [0.1, 0.15) is 32.8 Å². The molecule has 6 nitrogen and oxygen atoms in total. The average molecular weight is 459 g/mol. The molecule has 2 heterocycles. The minimum absolute atomic E-state index is 0.0486. The Morgan fingerprint density at radius 3 is 2.71 bits per heavy atom. The van der Waals surface area contributed by atoms with E-state index in [0.29, 0.717) is 30.2 Å². The van der Waals surface area contributed by atoms with Crippen LogP contribution in [0.3, 0.4) is 0 Å². The molecule has 1 amide bonds. The lowest BCUT2D eigenvalue weighted by atomic mass is 10.1. The number of rotatable bonds is 9. The zero-order chi connectivity index (χ0) is 22.4. The van der Waals surface area contributed by atoms with Gasteiger partial charge in [-0.1, -0.05) is 17.7 Å². The van der Waals surface area contributed by atoms with E-state index in [9.17, 15) is 9.59 Å². The zero-order valence-electron chi connectivity index (χ0n) is 18.0. The van der Waals surface area contributed by atoms with Crippen molar-refractivity contribution in [1.82, 2.24) is 20.2 Å². The van der Waals surface area contributed by atoms with Crippen LogP contribution in [0.25, 0.3) is 0 Å². The molecule has 164 valence electrons. The standard InChI is InChI=1S/C23H27ClN4O2S/c1-15-6-8-28(9-7-21-16(2)27-14-31-21)23(30)20(15)11-22(29)26-13-18-10-19(24)5-4-17(18)12-25-3/h4-6,8,10,14,25H,7,9,11-13H2,1-3H3,(H,26,29). The molecule has 31 heavy (non-hydrogen) atoms. The smallest absolute Gasteiger partial charge is 0.254 e. The number of carbonyl (C=O) groups is 1. The van der Waals surface area contributed by atoms with Gasteiger partial charge in [0.05, 0.1) is 17.6 Å². The summed E-state index contributed by atoms with van der Waals surface area (Å²) >= 11 is 7.72. The predicted molar refractivity (Wildman–Crippen MR) is 126 cm³/mol. The van der Waals surface area contributed by atoms with Crippen molar-refractivity contribution in [3.05, 3.63) is 84.2 Å². The van der Waals surface area contributed by atoms with Crippen LogP contribution < -0.4 is 16.2 Å². The van der Waals surface area contributed by atoms with Crippen molar-refractivity contribution in [1.29, 1.82) is 0 Å². The van der Waals surface area contributed by atoms with Crippen molar-refractivity contribution in [2.75, 3.05) is 7.05 Å². The molecular weight excluding hydrogens is 432 g/mol. The Labute approximate surface area is 191 Å². The van der Waals surface area contributed by atoms with Crippen molar-refractivity contribution in [2.24, 2.45) is 0 Å². The predicted octanol–water partition coefficient (Wildman–Crippen LogP) is 3.40. The van der Waals surface area contributed by atoms with Crippen LogP contribution in [0.15, 0.2) is 40.8 Å². The van der Waals surface area contributed by atoms with Gasteiger partial charge in [0.15, 0.2) is 0 Å². The van der Waals surface area contributed by atoms with E-state index >= 15 is 0 Å². The van der Waals surface area contributed by atoms with Crippen LogP contribution in [0.5, 0.6) is 0 Å². The van der Waals surface area contributed by atoms with Gasteiger partial charge in [-0.25, -0.2) is 4.98 Å². The number of thiazole rings is 1. The van der Waals surface area contributed by atoms with Crippen molar-refractivity contribution in [3.8, 4) is 0 Å². The minimum atomic E-state index is -0.188. The molecule has 1 aromatic carbocycles. The number of hydrogen-bond donors (Lipinski definition) is 2. The number of nitrogens with zero attached hydrogens (tertiary/aromatic N) is 2. The summed E-state index contributed by atoms with van der Waals surface area (Å²) < 4.78 is 1.68. The maximum atomic E-state index is 13.0. The summed E-state index contributed by atoms with van der Waals surface area (Å²) in [4.78, 5) is 31.0. The molecule has 0 saturated heterocycles. The highest BCUT2D eigenvalue weighted by molar-refractivity contribution is 7.09. The number of pyridine rings is 1. The maximum Gasteiger partial charge on any atom is 0.254 e. The molecular formula is C23H27ClN4O2S. The van der Waals surface area contributed by atoms with Crippen molar-refractivity contribution in [3.63, 3.8) is 0 Å². The number of hydrogen-bond acceptors (Lipinski definition) is 5. The Morgan fingerprint density at radius 2 is 2.00 bits per heavy atom. The molecule has 0 aliphatic heterocycles. The van der Waals surface area contributed by atoms with E-state index in [-0.39, 0.29) is 17.9 Å². The molecule has 0 atom stereocenters. The molecule has 8 heteroatoms. The Bertz CT molecular complexity index is 1120. The molecule has 0 radical (unpaired) electrons. The number of aryl methyl sites for hydroxylation is 4. The van der Waals surface area contributed by atoms with Gasteiger partial charge >= 0.3 is 0 Å². The normalized spacial score (nSPS) is 11.0. The van der Waals surface area contributed by atoms with Gasteiger partial charge in [0.2, 0.25) is 5.91 Å². The first-order chi connectivity index (χ1) is 14.9. The molecule has 2 aromatic heterocycles. The first-order valence-electron chi connectivity index (χ1n) is 10.2. The van der Waals surface area contributed by atoms with Gasteiger partial charge < -0.3 is 15.2 Å². The number of benzene rings is 1. The largest absolute Gasteiger partial charge is 0.352 e. The van der Waals surface area contributed by atoms with E-state index in [2.05, 4.69) is 15.6 Å². The van der Waals surface area contributed by atoms with Gasteiger partial charge in [-0.2, -0.15) is 0 Å². The lowest BCUT2D eigenvalue weighted by molar-refractivity contribution is -0.120. The van der Waals surface area contributed by atoms with E-state index in [4.69, 9.17) is 11.6 Å². The van der Waals surface area contributed by atoms with Crippen molar-refractivity contribution < 1.29 is 4.79 Å². The highest BCUT2D eigenvalue weighted by Gasteiger charge is 2.13. The van der Waals surface area contributed by atoms with Gasteiger partial charge in [0, 0.05) is 47.7 Å². The highest BCUT2D eigenvalue weighted by atomic mass is 35.5. The second-order valence-corrected chi connectivity index (χ2v) is 8.86. The number of amides is 1. The van der Waals surface area contributed by atoms with Gasteiger partial charge in [-0.05, 0) is 55.8 Å². The number of aromatic nitrogens is 2. The minimum Gasteiger partial charge on any atom is -0.352 e. The van der Waals surface area contributed by atoms with E-state index in [1.807, 2.05) is 50.7 Å². The third kappa shape index (κ3) is 6.03. The second kappa shape index (κ2) is 10.7. The molecule has 3 aromatic rings. The van der Waals surface area contributed by atoms with Gasteiger partial charge in [-0.15, -0.1) is 11.3 Å². The van der Waals surface area contributed by atoms with E-state index in [0.717, 1.165) is 28.8 Å². The molecule has 2 N–H and O–H groups in total. The highest BCUT2D eigenvalue weighted by Crippen LogP contribution is 2.16. The third-order valence-corrected chi connectivity index (χ3v) is 6.50. The zero-order valence-corrected chi connectivity index (χ0v) is 19.6. The summed E-state index contributed by atoms with van der Waals surface area (Å²) in [6, 6.07) is 7.54. The fourth-order valence-electron chi connectivity index (χ4n) is 3.43. The lowest BCUT2D eigenvalue weighted by Crippen LogP contribution is -2.31. The topological polar surface area (TPSA) is 76.0 Å². The Hall–Kier alpha value is -2.48. The van der Waals surface area contributed by atoms with E-state index < -0.39 is 0 Å². The molecule has 0 saturated carbocycles. The van der Waals surface area contributed by atoms with E-state index in [1.54, 1.807) is 22.1 Å². The average Bonchev–Trinajstić information content (AvgIpc) is 3.15. The second-order valence-electron chi connectivity index (χ2n) is 7.48. The summed E-state index contributed by atoms with van der Waals surface area (Å²) in [5.74, 6) is -0.188. The van der Waals surface area contributed by atoms with Crippen molar-refractivity contribution in [2.45, 2.75) is 46.3 Å². The van der Waals surface area contributed by atoms with Crippen LogP contribution in [-0.4, -0.2) is 22.5 Å². The number of halogens is 1. The van der Waals surface area contributed by atoms with Gasteiger partial charge in [0.1, 0.15) is 0 Å². The summed E-state index contributed by atoms with van der Waals surface area (Å²) in [7, 11) is 1.87. The SMILES string of the molecule is CNCc1ccc(Cl)cc1CNC(=O)Cc1c(C)ccn(CCc2scnc2C)c1=O. The Kier molecular flexibility index (Phi) is 8.01. The Morgan fingerprint density at radius 1 is 1.19 bits per heavy atom. The summed E-state index contributed by atoms with van der Waals surface area (Å²) in [5.41, 5.74) is 6.09. The lowest BCUT2D eigenvalue weighted by Gasteiger charge is -2.13. The van der Waals surface area contributed by atoms with Crippen LogP contribution >= 0.6 is 22.9 Å². The summed E-state index contributed by atoms with van der Waals surface area (Å²) in [5, 5.41) is 6.67. The fourth-order valence-corrected chi connectivity index (χ4v) is 4.40. The van der Waals surface area contributed by atoms with Crippen LogP contribution in [0, 0.1) is 13.8 Å². The van der Waals surface area contributed by atoms with Crippen molar-refractivity contribution >= 4 is 28.8 Å². The first kappa shape index (κ1) is 23.2. The Balaban J connectivity index is 1.68. The molecule has 0 fully saturated rings. The maximum absolute atomic E-state index is 13.0. The summed E-state index contributed by atoms with van der Waals surface area (Å²) in [6.45, 7) is 5.45. The van der Waals surface area contributed by atoms with Gasteiger partial charge in [0.25, 0.3) is 5.56 Å². The molecule has 3 rings (SSSR count). The number of carbonyl (C=O) groups excluding carboxylic acids is 1. The summed E-state index contributed by atoms with van der Waals surface area (Å²) in [6.07, 6.45) is 2.59. The molecule has 0 spiro atoms. The molecule has 0 bridgehead atoms. The monoisotopic (exact) mass is 458 g/mol. The van der Waals surface area contributed by atoms with E-state index in [1.165, 1.54) is 4.88 Å². The van der Waals surface area contributed by atoms with Crippen LogP contribution in [-0.2, 0) is 37.3 Å². The number of nitrogens with one attached hydrogen (secondary N) is 2. The van der Waals surface area contributed by atoms with Gasteiger partial charge in [-0.3, -0.25) is 9.59 Å². The van der Waals surface area contributed by atoms with Crippen LogP contribution in [0.2, 0.25) is 5.02 Å². The quantitative estimate of drug-likeness (QED) is 0.515. The molecule has 0 unspecified atom stereocenters. The fraction of sp³-hybridized carbons (Fsp3) is 0.348. The third-order valence-electron chi connectivity index (χ3n) is 5.27. The van der Waals surface area contributed by atoms with Crippen LogP contribution in [0.4, 0.5) is 0 Å².